The lowest BCUT2D eigenvalue weighted by Crippen LogP contribution is -2.53. The lowest BCUT2D eigenvalue weighted by atomic mass is 9.68. The first-order valence-electron chi connectivity index (χ1n) is 9.68. The van der Waals surface area contributed by atoms with Gasteiger partial charge in [-0.15, -0.1) is 0 Å². The van der Waals surface area contributed by atoms with E-state index in [4.69, 9.17) is 10.5 Å². The van der Waals surface area contributed by atoms with E-state index in [1.165, 1.54) is 12.8 Å². The quantitative estimate of drug-likeness (QED) is 0.760. The third kappa shape index (κ3) is 3.55. The third-order valence-electron chi connectivity index (χ3n) is 6.33. The first kappa shape index (κ1) is 17.7. The molecule has 0 bridgehead atoms. The van der Waals surface area contributed by atoms with E-state index in [0.717, 1.165) is 50.4 Å². The molecule has 1 aromatic rings. The predicted molar refractivity (Wildman–Crippen MR) is 98.0 cm³/mol. The van der Waals surface area contributed by atoms with Crippen LogP contribution in [0, 0.1) is 17.3 Å². The molecule has 3 fully saturated rings. The average molecular weight is 359 g/mol. The zero-order chi connectivity index (χ0) is 18.1. The molecule has 0 unspecified atom stereocenters. The van der Waals surface area contributed by atoms with Gasteiger partial charge in [0.05, 0.1) is 12.0 Å². The molecule has 7 heteroatoms. The predicted octanol–water partition coefficient (Wildman–Crippen LogP) is 1.20. The van der Waals surface area contributed by atoms with Crippen molar-refractivity contribution in [1.29, 1.82) is 0 Å². The molecule has 4 rings (SSSR count). The molecule has 3 N–H and O–H groups in total. The smallest absolute Gasteiger partial charge is 0.228 e. The number of rotatable bonds is 7. The van der Waals surface area contributed by atoms with E-state index in [9.17, 15) is 4.79 Å². The van der Waals surface area contributed by atoms with Gasteiger partial charge in [-0.1, -0.05) is 6.42 Å². The summed E-state index contributed by atoms with van der Waals surface area (Å²) in [5.41, 5.74) is 6.35. The molecule has 1 aromatic heterocycles. The highest BCUT2D eigenvalue weighted by molar-refractivity contribution is 5.84. The molecule has 142 valence electrons. The van der Waals surface area contributed by atoms with Crippen LogP contribution in [0.4, 0.5) is 5.95 Å². The summed E-state index contributed by atoms with van der Waals surface area (Å²) in [6.45, 7) is 3.25. The number of ether oxygens (including phenoxy) is 1. The molecule has 26 heavy (non-hydrogen) atoms. The van der Waals surface area contributed by atoms with E-state index >= 15 is 0 Å². The van der Waals surface area contributed by atoms with Crippen LogP contribution in [0.3, 0.4) is 0 Å². The second kappa shape index (κ2) is 7.12. The zero-order valence-electron chi connectivity index (χ0n) is 15.5. The van der Waals surface area contributed by atoms with Crippen LogP contribution in [0.15, 0.2) is 12.4 Å². The van der Waals surface area contributed by atoms with Crippen LogP contribution in [-0.4, -0.2) is 53.6 Å². The van der Waals surface area contributed by atoms with E-state index in [2.05, 4.69) is 20.2 Å². The number of aromatic nitrogens is 2. The summed E-state index contributed by atoms with van der Waals surface area (Å²) >= 11 is 0. The fraction of sp³-hybridized carbons (Fsp3) is 0.737. The third-order valence-corrected chi connectivity index (χ3v) is 6.33. The van der Waals surface area contributed by atoms with Crippen LogP contribution in [0.25, 0.3) is 0 Å². The van der Waals surface area contributed by atoms with Crippen molar-refractivity contribution in [3.63, 3.8) is 0 Å². The molecule has 2 saturated carbocycles. The Labute approximate surface area is 154 Å². The number of carbonyl (C=O) groups is 1. The van der Waals surface area contributed by atoms with Crippen molar-refractivity contribution in [3.8, 4) is 0 Å². The van der Waals surface area contributed by atoms with Crippen molar-refractivity contribution in [1.82, 2.24) is 20.2 Å². The van der Waals surface area contributed by atoms with E-state index in [1.54, 1.807) is 19.5 Å². The number of hydrogen-bond acceptors (Lipinski definition) is 6. The number of likely N-dealkylation sites (tertiary alicyclic amines) is 1. The molecule has 1 amide bonds. The minimum Gasteiger partial charge on any atom is -0.384 e. The summed E-state index contributed by atoms with van der Waals surface area (Å²) in [7, 11) is 1.69. The number of nitrogens with one attached hydrogen (secondary N) is 1. The second-order valence-electron chi connectivity index (χ2n) is 8.29. The normalized spacial score (nSPS) is 27.9. The highest BCUT2D eigenvalue weighted by Crippen LogP contribution is 2.44. The summed E-state index contributed by atoms with van der Waals surface area (Å²) in [5.74, 6) is 1.81. The number of amides is 1. The Kier molecular flexibility index (Phi) is 4.84. The first-order valence-corrected chi connectivity index (χ1v) is 9.68. The summed E-state index contributed by atoms with van der Waals surface area (Å²) in [6.07, 6.45) is 9.18. The molecule has 0 radical (unpaired) electrons. The molecular formula is C19H29N5O2. The Balaban J connectivity index is 1.40. The summed E-state index contributed by atoms with van der Waals surface area (Å²) < 4.78 is 5.34. The Morgan fingerprint density at radius 2 is 2.08 bits per heavy atom. The summed E-state index contributed by atoms with van der Waals surface area (Å²) in [5, 5.41) is 3.39. The Bertz CT molecular complexity index is 642. The van der Waals surface area contributed by atoms with Crippen LogP contribution in [0.2, 0.25) is 0 Å². The molecular weight excluding hydrogens is 330 g/mol. The molecule has 2 heterocycles. The highest BCUT2D eigenvalue weighted by Gasteiger charge is 2.48. The fourth-order valence-corrected chi connectivity index (χ4v) is 4.54. The van der Waals surface area contributed by atoms with Crippen molar-refractivity contribution >= 4 is 11.9 Å². The topological polar surface area (TPSA) is 93.4 Å². The molecule has 2 aliphatic carbocycles. The monoisotopic (exact) mass is 359 g/mol. The fourth-order valence-electron chi connectivity index (χ4n) is 4.54. The van der Waals surface area contributed by atoms with Crippen molar-refractivity contribution in [2.24, 2.45) is 17.3 Å². The number of nitrogens with zero attached hydrogens (tertiary/aromatic N) is 3. The molecule has 1 aliphatic heterocycles. The van der Waals surface area contributed by atoms with Gasteiger partial charge in [-0.3, -0.25) is 9.69 Å². The van der Waals surface area contributed by atoms with Crippen molar-refractivity contribution in [2.75, 3.05) is 32.5 Å². The minimum atomic E-state index is -0.291. The van der Waals surface area contributed by atoms with Crippen LogP contribution in [0.5, 0.6) is 0 Å². The van der Waals surface area contributed by atoms with E-state index < -0.39 is 0 Å². The lowest BCUT2D eigenvalue weighted by molar-refractivity contribution is -0.141. The van der Waals surface area contributed by atoms with Crippen LogP contribution >= 0.6 is 0 Å². The Morgan fingerprint density at radius 1 is 1.35 bits per heavy atom. The molecule has 2 atom stereocenters. The number of carbonyl (C=O) groups excluding carboxylic acids is 1. The van der Waals surface area contributed by atoms with Crippen molar-refractivity contribution < 1.29 is 9.53 Å². The number of nitrogen functional groups attached to an aromatic ring is 1. The molecule has 0 spiro atoms. The zero-order valence-corrected chi connectivity index (χ0v) is 15.5. The largest absolute Gasteiger partial charge is 0.384 e. The molecule has 0 aromatic carbocycles. The number of hydrogen-bond donors (Lipinski definition) is 2. The maximum absolute atomic E-state index is 12.9. The first-order chi connectivity index (χ1) is 12.6. The van der Waals surface area contributed by atoms with E-state index in [0.29, 0.717) is 18.5 Å². The summed E-state index contributed by atoms with van der Waals surface area (Å²) in [6, 6.07) is 0.235. The number of nitrogens with two attached hydrogens (primary N) is 1. The van der Waals surface area contributed by atoms with Crippen LogP contribution in [0.1, 0.15) is 37.7 Å². The van der Waals surface area contributed by atoms with Crippen molar-refractivity contribution in [2.45, 2.75) is 44.7 Å². The standard InChI is InChI=1S/C19H29N5O2/c1-26-12-19(5-2-6-19)17(25)23-16-11-24(10-15(16)14-3-4-14)9-13-7-21-18(20)22-8-13/h7-8,14-16H,2-6,9-12H2,1H3,(H,23,25)(H2,20,21,22)/t15-,16+/m0/s1. The van der Waals surface area contributed by atoms with Gasteiger partial charge in [0.2, 0.25) is 11.9 Å². The molecule has 1 saturated heterocycles. The molecule has 3 aliphatic rings. The number of methoxy groups -OCH3 is 1. The van der Waals surface area contributed by atoms with Gasteiger partial charge in [-0.25, -0.2) is 9.97 Å². The van der Waals surface area contributed by atoms with Gasteiger partial charge in [-0.05, 0) is 37.5 Å². The highest BCUT2D eigenvalue weighted by atomic mass is 16.5. The number of anilines is 1. The Morgan fingerprint density at radius 3 is 2.65 bits per heavy atom. The van der Waals surface area contributed by atoms with Gasteiger partial charge >= 0.3 is 0 Å². The maximum atomic E-state index is 12.9. The van der Waals surface area contributed by atoms with Crippen LogP contribution in [-0.2, 0) is 16.1 Å². The van der Waals surface area contributed by atoms with E-state index in [-0.39, 0.29) is 17.4 Å². The maximum Gasteiger partial charge on any atom is 0.228 e. The van der Waals surface area contributed by atoms with Crippen molar-refractivity contribution in [3.05, 3.63) is 18.0 Å². The lowest BCUT2D eigenvalue weighted by Gasteiger charge is -2.40. The van der Waals surface area contributed by atoms with Gasteiger partial charge in [0, 0.05) is 50.7 Å². The minimum absolute atomic E-state index is 0.193. The SMILES string of the molecule is COCC1(C(=O)N[C@@H]2CN(Cc3cnc(N)nc3)C[C@H]2C2CC2)CCC1. The average Bonchev–Trinajstić information content (AvgIpc) is 3.36. The summed E-state index contributed by atoms with van der Waals surface area (Å²) in [4.78, 5) is 23.5. The van der Waals surface area contributed by atoms with Crippen LogP contribution < -0.4 is 11.1 Å². The Hall–Kier alpha value is -1.73. The van der Waals surface area contributed by atoms with Gasteiger partial charge in [0.15, 0.2) is 0 Å². The van der Waals surface area contributed by atoms with Gasteiger partial charge < -0.3 is 15.8 Å². The van der Waals surface area contributed by atoms with Gasteiger partial charge in [0.1, 0.15) is 0 Å². The van der Waals surface area contributed by atoms with Gasteiger partial charge in [0.25, 0.3) is 0 Å². The van der Waals surface area contributed by atoms with Gasteiger partial charge in [-0.2, -0.15) is 0 Å². The van der Waals surface area contributed by atoms with E-state index in [1.807, 2.05) is 0 Å². The molecule has 7 nitrogen and oxygen atoms in total. The second-order valence-corrected chi connectivity index (χ2v) is 8.29.